The summed E-state index contributed by atoms with van der Waals surface area (Å²) in [5.74, 6) is -4.34. The maximum atomic E-state index is 13.7. The van der Waals surface area contributed by atoms with Gasteiger partial charge < -0.3 is 15.2 Å². The Labute approximate surface area is 118 Å². The number of carbonyl (C=O) groups excluding carboxylic acids is 1. The summed E-state index contributed by atoms with van der Waals surface area (Å²) in [6.45, 7) is -1.69. The van der Waals surface area contributed by atoms with E-state index in [0.29, 0.717) is 18.6 Å². The van der Waals surface area contributed by atoms with Crippen LogP contribution in [0.4, 0.5) is 17.6 Å². The molecule has 0 aliphatic heterocycles. The van der Waals surface area contributed by atoms with Crippen molar-refractivity contribution in [2.45, 2.75) is 32.4 Å². The number of halogens is 4. The Morgan fingerprint density at radius 3 is 2.33 bits per heavy atom. The Kier molecular flexibility index (Phi) is 6.41. The van der Waals surface area contributed by atoms with Crippen LogP contribution in [0, 0.1) is 11.6 Å². The molecule has 0 aromatic heterocycles. The molecule has 0 aliphatic rings. The summed E-state index contributed by atoms with van der Waals surface area (Å²) >= 11 is 0. The Morgan fingerprint density at radius 1 is 1.33 bits per heavy atom. The molecule has 2 N–H and O–H groups in total. The van der Waals surface area contributed by atoms with Crippen molar-refractivity contribution in [3.63, 3.8) is 0 Å². The molecular formula is C13H15F4NO3. The fraction of sp³-hybridized carbons (Fsp3) is 0.462. The normalized spacial score (nSPS) is 12.3. The van der Waals surface area contributed by atoms with E-state index in [1.807, 2.05) is 0 Å². The summed E-state index contributed by atoms with van der Waals surface area (Å²) in [7, 11) is 0. The number of ether oxygens (including phenoxy) is 1. The maximum absolute atomic E-state index is 13.7. The first-order valence-corrected chi connectivity index (χ1v) is 6.24. The Balaban J connectivity index is 2.94. The number of nitrogens with one attached hydrogen (secondary N) is 1. The average Bonchev–Trinajstić information content (AvgIpc) is 2.36. The number of rotatable bonds is 7. The van der Waals surface area contributed by atoms with Crippen LogP contribution in [0.25, 0.3) is 0 Å². The number of hydrogen-bond acceptors (Lipinski definition) is 3. The minimum absolute atomic E-state index is 0.190. The van der Waals surface area contributed by atoms with Gasteiger partial charge in [0.1, 0.15) is 22.9 Å². The summed E-state index contributed by atoms with van der Waals surface area (Å²) in [6.07, 6.45) is 0.695. The average molecular weight is 309 g/mol. The zero-order valence-corrected chi connectivity index (χ0v) is 11.2. The molecule has 21 heavy (non-hydrogen) atoms. The number of carbonyl (C=O) groups is 1. The number of aliphatic hydroxyl groups is 1. The smallest absolute Gasteiger partial charge is 0.387 e. The third-order valence-corrected chi connectivity index (χ3v) is 2.77. The number of alkyl halides is 2. The van der Waals surface area contributed by atoms with Crippen LogP contribution in [-0.4, -0.2) is 30.3 Å². The molecule has 0 radical (unpaired) electrons. The third kappa shape index (κ3) is 4.89. The molecule has 1 amide bonds. The topological polar surface area (TPSA) is 58.6 Å². The van der Waals surface area contributed by atoms with Crippen molar-refractivity contribution in [2.75, 3.05) is 6.61 Å². The van der Waals surface area contributed by atoms with Gasteiger partial charge >= 0.3 is 6.61 Å². The standard InChI is InChI=1S/C13H15F4NO3/c1-2-7(3-4-19)18-12(20)11-9(14)5-8(6-10(11)15)21-13(16)17/h5-7,13,19H,2-4H2,1H3,(H,18,20). The fourth-order valence-electron chi connectivity index (χ4n) is 1.73. The monoisotopic (exact) mass is 309 g/mol. The van der Waals surface area contributed by atoms with Crippen LogP contribution in [0.3, 0.4) is 0 Å². The summed E-state index contributed by atoms with van der Waals surface area (Å²) in [5, 5.41) is 11.2. The fourth-order valence-corrected chi connectivity index (χ4v) is 1.73. The van der Waals surface area contributed by atoms with Crippen molar-refractivity contribution in [3.05, 3.63) is 29.3 Å². The molecular weight excluding hydrogens is 294 g/mol. The highest BCUT2D eigenvalue weighted by molar-refractivity contribution is 5.95. The molecule has 0 spiro atoms. The lowest BCUT2D eigenvalue weighted by molar-refractivity contribution is -0.0501. The second-order valence-electron chi connectivity index (χ2n) is 4.23. The zero-order chi connectivity index (χ0) is 16.0. The van der Waals surface area contributed by atoms with E-state index in [9.17, 15) is 22.4 Å². The number of aliphatic hydroxyl groups excluding tert-OH is 1. The molecule has 0 fully saturated rings. The van der Waals surface area contributed by atoms with Gasteiger partial charge in [-0.05, 0) is 12.8 Å². The summed E-state index contributed by atoms with van der Waals surface area (Å²) in [6, 6.07) is 0.576. The van der Waals surface area contributed by atoms with E-state index >= 15 is 0 Å². The lowest BCUT2D eigenvalue weighted by Gasteiger charge is -2.16. The van der Waals surface area contributed by atoms with Gasteiger partial charge in [-0.1, -0.05) is 6.92 Å². The van der Waals surface area contributed by atoms with E-state index in [-0.39, 0.29) is 13.0 Å². The van der Waals surface area contributed by atoms with E-state index in [2.05, 4.69) is 10.1 Å². The molecule has 8 heteroatoms. The molecule has 1 aromatic carbocycles. The molecule has 1 aromatic rings. The largest absolute Gasteiger partial charge is 0.435 e. The SMILES string of the molecule is CCC(CCO)NC(=O)c1c(F)cc(OC(F)F)cc1F. The quantitative estimate of drug-likeness (QED) is 0.761. The minimum atomic E-state index is -3.22. The van der Waals surface area contributed by atoms with Gasteiger partial charge in [-0.15, -0.1) is 0 Å². The van der Waals surface area contributed by atoms with E-state index in [4.69, 9.17) is 5.11 Å². The third-order valence-electron chi connectivity index (χ3n) is 2.77. The van der Waals surface area contributed by atoms with Crippen molar-refractivity contribution < 1.29 is 32.2 Å². The molecule has 0 heterocycles. The predicted octanol–water partition coefficient (Wildman–Crippen LogP) is 2.46. The van der Waals surface area contributed by atoms with Crippen LogP contribution in [0.15, 0.2) is 12.1 Å². The minimum Gasteiger partial charge on any atom is -0.435 e. The van der Waals surface area contributed by atoms with Crippen molar-refractivity contribution in [1.82, 2.24) is 5.32 Å². The molecule has 0 aliphatic carbocycles. The second-order valence-corrected chi connectivity index (χ2v) is 4.23. The zero-order valence-electron chi connectivity index (χ0n) is 11.2. The van der Waals surface area contributed by atoms with Gasteiger partial charge in [0.15, 0.2) is 0 Å². The molecule has 0 saturated heterocycles. The van der Waals surface area contributed by atoms with Crippen LogP contribution in [0.5, 0.6) is 5.75 Å². The van der Waals surface area contributed by atoms with Crippen LogP contribution in [0.1, 0.15) is 30.1 Å². The highest BCUT2D eigenvalue weighted by Crippen LogP contribution is 2.22. The summed E-state index contributed by atoms with van der Waals surface area (Å²) < 4.78 is 55.2. The first-order chi connectivity index (χ1) is 9.88. The molecule has 1 unspecified atom stereocenters. The molecule has 118 valence electrons. The first-order valence-electron chi connectivity index (χ1n) is 6.24. The van der Waals surface area contributed by atoms with Crippen molar-refractivity contribution in [2.24, 2.45) is 0 Å². The highest BCUT2D eigenvalue weighted by atomic mass is 19.3. The summed E-state index contributed by atoms with van der Waals surface area (Å²) in [5.41, 5.74) is -0.881. The Morgan fingerprint density at radius 2 is 1.90 bits per heavy atom. The van der Waals surface area contributed by atoms with Gasteiger partial charge in [-0.25, -0.2) is 8.78 Å². The molecule has 1 atom stereocenters. The van der Waals surface area contributed by atoms with E-state index < -0.39 is 41.5 Å². The first kappa shape index (κ1) is 17.2. The van der Waals surface area contributed by atoms with E-state index in [1.165, 1.54) is 0 Å². The lowest BCUT2D eigenvalue weighted by Crippen LogP contribution is -2.36. The van der Waals surface area contributed by atoms with Gasteiger partial charge in [0.25, 0.3) is 5.91 Å². The van der Waals surface area contributed by atoms with Crippen LogP contribution in [-0.2, 0) is 0 Å². The van der Waals surface area contributed by atoms with Crippen LogP contribution < -0.4 is 10.1 Å². The molecule has 0 bridgehead atoms. The van der Waals surface area contributed by atoms with Crippen LogP contribution >= 0.6 is 0 Å². The van der Waals surface area contributed by atoms with Crippen LogP contribution in [0.2, 0.25) is 0 Å². The Bertz CT molecular complexity index is 473. The van der Waals surface area contributed by atoms with Crippen molar-refractivity contribution in [3.8, 4) is 5.75 Å². The van der Waals surface area contributed by atoms with Gasteiger partial charge in [-0.2, -0.15) is 8.78 Å². The number of benzene rings is 1. The highest BCUT2D eigenvalue weighted by Gasteiger charge is 2.22. The van der Waals surface area contributed by atoms with Gasteiger partial charge in [0, 0.05) is 24.8 Å². The molecule has 1 rings (SSSR count). The number of hydrogen-bond donors (Lipinski definition) is 2. The molecule has 0 saturated carbocycles. The van der Waals surface area contributed by atoms with Gasteiger partial charge in [0.2, 0.25) is 0 Å². The molecule has 4 nitrogen and oxygen atoms in total. The van der Waals surface area contributed by atoms with Crippen molar-refractivity contribution in [1.29, 1.82) is 0 Å². The Hall–Kier alpha value is -1.83. The summed E-state index contributed by atoms with van der Waals surface area (Å²) in [4.78, 5) is 11.8. The van der Waals surface area contributed by atoms with E-state index in [1.54, 1.807) is 6.92 Å². The predicted molar refractivity (Wildman–Crippen MR) is 66.2 cm³/mol. The number of amides is 1. The van der Waals surface area contributed by atoms with Gasteiger partial charge in [0.05, 0.1) is 0 Å². The van der Waals surface area contributed by atoms with Gasteiger partial charge in [-0.3, -0.25) is 4.79 Å². The second kappa shape index (κ2) is 7.82. The lowest BCUT2D eigenvalue weighted by atomic mass is 10.1. The van der Waals surface area contributed by atoms with E-state index in [0.717, 1.165) is 0 Å². The maximum Gasteiger partial charge on any atom is 0.387 e. The van der Waals surface area contributed by atoms with Crippen molar-refractivity contribution >= 4 is 5.91 Å².